The lowest BCUT2D eigenvalue weighted by Gasteiger charge is -2.49. The van der Waals surface area contributed by atoms with Gasteiger partial charge in [-0.15, -0.1) is 0 Å². The van der Waals surface area contributed by atoms with Gasteiger partial charge in [0.15, 0.2) is 0 Å². The molecule has 0 bridgehead atoms. The normalized spacial score (nSPS) is 19.1. The van der Waals surface area contributed by atoms with Gasteiger partial charge >= 0.3 is 6.09 Å². The van der Waals surface area contributed by atoms with Crippen LogP contribution in [0.15, 0.2) is 6.07 Å². The van der Waals surface area contributed by atoms with Crippen molar-refractivity contribution in [1.29, 1.82) is 0 Å². The van der Waals surface area contributed by atoms with Gasteiger partial charge in [0.2, 0.25) is 0 Å². The molecule has 6 nitrogen and oxygen atoms in total. The van der Waals surface area contributed by atoms with Crippen molar-refractivity contribution in [3.8, 4) is 0 Å². The molecular formula is C19H27ClF2N4O2. The quantitative estimate of drug-likeness (QED) is 0.703. The maximum Gasteiger partial charge on any atom is 0.410 e. The highest BCUT2D eigenvalue weighted by Crippen LogP contribution is 2.34. The zero-order valence-corrected chi connectivity index (χ0v) is 17.5. The molecule has 0 radical (unpaired) electrons. The monoisotopic (exact) mass is 416 g/mol. The maximum absolute atomic E-state index is 13.2. The van der Waals surface area contributed by atoms with Crippen LogP contribution in [0.25, 0.3) is 0 Å². The molecule has 1 aromatic heterocycles. The Balaban J connectivity index is 1.54. The fourth-order valence-corrected chi connectivity index (χ4v) is 3.80. The lowest BCUT2D eigenvalue weighted by molar-refractivity contribution is 0.00875. The smallest absolute Gasteiger partial charge is 0.410 e. The second-order valence-electron chi connectivity index (χ2n) is 8.34. The number of rotatable bonds is 3. The standard InChI is InChI=1S/C19H27ClF2N4O2/c1-12-14(9-15(20)23-16(12)17(21)22)26-10-13(11-26)24-5-7-25(8-6-24)18(27)28-19(2,3)4/h9,13,17H,5-8,10-11H2,1-4H3. The van der Waals surface area contributed by atoms with Crippen LogP contribution in [0.4, 0.5) is 19.3 Å². The Morgan fingerprint density at radius 2 is 1.86 bits per heavy atom. The number of alkyl halides is 2. The molecule has 3 rings (SSSR count). The number of piperazine rings is 1. The second-order valence-corrected chi connectivity index (χ2v) is 8.72. The highest BCUT2D eigenvalue weighted by molar-refractivity contribution is 6.29. The summed E-state index contributed by atoms with van der Waals surface area (Å²) < 4.78 is 31.7. The van der Waals surface area contributed by atoms with Gasteiger partial charge in [-0.1, -0.05) is 11.6 Å². The first-order valence-corrected chi connectivity index (χ1v) is 9.85. The molecule has 0 spiro atoms. The molecule has 9 heteroatoms. The van der Waals surface area contributed by atoms with Gasteiger partial charge in [-0.25, -0.2) is 18.6 Å². The number of hydrogen-bond donors (Lipinski definition) is 0. The highest BCUT2D eigenvalue weighted by Gasteiger charge is 2.36. The van der Waals surface area contributed by atoms with Crippen LogP contribution >= 0.6 is 11.6 Å². The Morgan fingerprint density at radius 3 is 2.39 bits per heavy atom. The molecule has 2 saturated heterocycles. The molecule has 0 N–H and O–H groups in total. The minimum atomic E-state index is -2.64. The van der Waals surface area contributed by atoms with Crippen LogP contribution in [0, 0.1) is 6.92 Å². The van der Waals surface area contributed by atoms with Crippen LogP contribution in [0.5, 0.6) is 0 Å². The van der Waals surface area contributed by atoms with Crippen molar-refractivity contribution in [2.45, 2.75) is 45.8 Å². The van der Waals surface area contributed by atoms with Gasteiger partial charge in [0.25, 0.3) is 6.43 Å². The van der Waals surface area contributed by atoms with E-state index in [1.54, 1.807) is 17.9 Å². The van der Waals surface area contributed by atoms with Gasteiger partial charge in [0.05, 0.1) is 0 Å². The van der Waals surface area contributed by atoms with Crippen molar-refractivity contribution in [3.63, 3.8) is 0 Å². The van der Waals surface area contributed by atoms with Crippen LogP contribution in [-0.4, -0.2) is 71.8 Å². The summed E-state index contributed by atoms with van der Waals surface area (Å²) >= 11 is 5.94. The predicted molar refractivity (Wildman–Crippen MR) is 104 cm³/mol. The second kappa shape index (κ2) is 7.99. The largest absolute Gasteiger partial charge is 0.444 e. The van der Waals surface area contributed by atoms with Crippen LogP contribution in [0.3, 0.4) is 0 Å². The Bertz CT molecular complexity index is 727. The first-order chi connectivity index (χ1) is 13.0. The molecule has 0 saturated carbocycles. The number of anilines is 1. The first kappa shape index (κ1) is 21.0. The summed E-state index contributed by atoms with van der Waals surface area (Å²) in [5.41, 5.74) is 0.451. The Hall–Kier alpha value is -1.67. The lowest BCUT2D eigenvalue weighted by Crippen LogP contribution is -2.63. The van der Waals surface area contributed by atoms with Gasteiger partial charge in [-0.05, 0) is 39.3 Å². The van der Waals surface area contributed by atoms with Crippen molar-refractivity contribution in [2.75, 3.05) is 44.2 Å². The summed E-state index contributed by atoms with van der Waals surface area (Å²) in [6.45, 7) is 11.5. The number of amides is 1. The van der Waals surface area contributed by atoms with Gasteiger partial charge in [-0.3, -0.25) is 4.90 Å². The molecule has 0 aliphatic carbocycles. The minimum absolute atomic E-state index is 0.0883. The Kier molecular flexibility index (Phi) is 6.00. The van der Waals surface area contributed by atoms with E-state index in [1.807, 2.05) is 20.8 Å². The van der Waals surface area contributed by atoms with E-state index in [-0.39, 0.29) is 16.9 Å². The summed E-state index contributed by atoms with van der Waals surface area (Å²) in [5.74, 6) is 0. The molecule has 28 heavy (non-hydrogen) atoms. The molecule has 1 amide bonds. The predicted octanol–water partition coefficient (Wildman–Crippen LogP) is 3.72. The zero-order valence-electron chi connectivity index (χ0n) is 16.7. The van der Waals surface area contributed by atoms with E-state index in [0.717, 1.165) is 31.9 Å². The van der Waals surface area contributed by atoms with Crippen molar-refractivity contribution in [3.05, 3.63) is 22.5 Å². The van der Waals surface area contributed by atoms with Crippen LogP contribution in [0.2, 0.25) is 5.15 Å². The summed E-state index contributed by atoms with van der Waals surface area (Å²) in [6, 6.07) is 1.99. The number of ether oxygens (including phenoxy) is 1. The molecule has 3 heterocycles. The number of hydrogen-bond acceptors (Lipinski definition) is 5. The number of pyridine rings is 1. The third-order valence-corrected chi connectivity index (χ3v) is 5.34. The summed E-state index contributed by atoms with van der Waals surface area (Å²) in [4.78, 5) is 22.1. The first-order valence-electron chi connectivity index (χ1n) is 9.47. The van der Waals surface area contributed by atoms with E-state index in [2.05, 4.69) is 14.8 Å². The van der Waals surface area contributed by atoms with Crippen molar-refractivity contribution >= 4 is 23.4 Å². The van der Waals surface area contributed by atoms with Gasteiger partial charge in [0, 0.05) is 51.0 Å². The summed E-state index contributed by atoms with van der Waals surface area (Å²) in [7, 11) is 0. The van der Waals surface area contributed by atoms with Crippen LogP contribution < -0.4 is 4.90 Å². The lowest BCUT2D eigenvalue weighted by atomic mass is 10.0. The van der Waals surface area contributed by atoms with Crippen LogP contribution in [0.1, 0.15) is 38.5 Å². The average Bonchev–Trinajstić information content (AvgIpc) is 2.55. The molecule has 156 valence electrons. The van der Waals surface area contributed by atoms with E-state index in [9.17, 15) is 13.6 Å². The number of carbonyl (C=O) groups excluding carboxylic acids is 1. The maximum atomic E-state index is 13.2. The molecular weight excluding hydrogens is 390 g/mol. The summed E-state index contributed by atoms with van der Waals surface area (Å²) in [6.07, 6.45) is -2.92. The highest BCUT2D eigenvalue weighted by atomic mass is 35.5. The van der Waals surface area contributed by atoms with Crippen molar-refractivity contribution < 1.29 is 18.3 Å². The molecule has 0 unspecified atom stereocenters. The number of carbonyl (C=O) groups is 1. The van der Waals surface area contributed by atoms with E-state index in [1.165, 1.54) is 0 Å². The number of halogens is 3. The van der Waals surface area contributed by atoms with Crippen molar-refractivity contribution in [2.24, 2.45) is 0 Å². The van der Waals surface area contributed by atoms with Gasteiger partial charge < -0.3 is 14.5 Å². The SMILES string of the molecule is Cc1c(N2CC(N3CCN(C(=O)OC(C)(C)C)CC3)C2)cc(Cl)nc1C(F)F. The Labute approximate surface area is 169 Å². The zero-order chi connectivity index (χ0) is 20.6. The summed E-state index contributed by atoms with van der Waals surface area (Å²) in [5, 5.41) is 0.0883. The van der Waals surface area contributed by atoms with Crippen molar-refractivity contribution in [1.82, 2.24) is 14.8 Å². The van der Waals surface area contributed by atoms with Gasteiger partial charge in [0.1, 0.15) is 16.4 Å². The molecule has 0 atom stereocenters. The molecule has 2 fully saturated rings. The molecule has 2 aliphatic heterocycles. The third kappa shape index (κ3) is 4.66. The fourth-order valence-electron chi connectivity index (χ4n) is 3.60. The van der Waals surface area contributed by atoms with E-state index < -0.39 is 12.0 Å². The van der Waals surface area contributed by atoms with E-state index in [0.29, 0.717) is 24.7 Å². The number of aromatic nitrogens is 1. The third-order valence-electron chi connectivity index (χ3n) is 5.14. The minimum Gasteiger partial charge on any atom is -0.444 e. The van der Waals surface area contributed by atoms with E-state index in [4.69, 9.17) is 16.3 Å². The number of nitrogens with zero attached hydrogens (tertiary/aromatic N) is 4. The van der Waals surface area contributed by atoms with Gasteiger partial charge in [-0.2, -0.15) is 0 Å². The Morgan fingerprint density at radius 1 is 1.25 bits per heavy atom. The molecule has 0 aromatic carbocycles. The topological polar surface area (TPSA) is 48.9 Å². The fraction of sp³-hybridized carbons (Fsp3) is 0.684. The molecule has 2 aliphatic rings. The van der Waals surface area contributed by atoms with Crippen LogP contribution in [-0.2, 0) is 4.74 Å². The molecule has 1 aromatic rings. The average molecular weight is 417 g/mol. The van der Waals surface area contributed by atoms with E-state index >= 15 is 0 Å².